The minimum Gasteiger partial charge on any atom is -0.494 e. The highest BCUT2D eigenvalue weighted by Gasteiger charge is 2.31. The molecule has 0 heterocycles. The van der Waals surface area contributed by atoms with Crippen molar-refractivity contribution in [3.8, 4) is 5.75 Å². The van der Waals surface area contributed by atoms with Crippen LogP contribution in [0.5, 0.6) is 5.75 Å². The Bertz CT molecular complexity index is 389. The molecule has 0 aliphatic rings. The van der Waals surface area contributed by atoms with Gasteiger partial charge in [0.1, 0.15) is 0 Å². The third-order valence-electron chi connectivity index (χ3n) is 3.55. The van der Waals surface area contributed by atoms with Gasteiger partial charge in [0.15, 0.2) is 11.6 Å². The number of hydrogen-bond donors (Lipinski definition) is 1. The van der Waals surface area contributed by atoms with E-state index in [1.54, 1.807) is 25.3 Å². The molecule has 2 unspecified atom stereocenters. The van der Waals surface area contributed by atoms with Gasteiger partial charge in [-0.05, 0) is 25.0 Å². The third kappa shape index (κ3) is 3.00. The standard InChI is InChI=1S/C14H21FO3/c1-5-14(2,18-4)12(16)9-10-7-6-8-11(17-3)13(10)15/h6-8,12,16H,5,9H2,1-4H3. The molecular formula is C14H21FO3. The summed E-state index contributed by atoms with van der Waals surface area (Å²) in [4.78, 5) is 0. The monoisotopic (exact) mass is 256 g/mol. The van der Waals surface area contributed by atoms with E-state index in [9.17, 15) is 9.50 Å². The van der Waals surface area contributed by atoms with Gasteiger partial charge in [-0.25, -0.2) is 4.39 Å². The van der Waals surface area contributed by atoms with Crippen LogP contribution in [0.3, 0.4) is 0 Å². The molecule has 0 bridgehead atoms. The number of halogens is 1. The zero-order valence-corrected chi connectivity index (χ0v) is 11.4. The Balaban J connectivity index is 2.91. The molecule has 0 aromatic heterocycles. The number of benzene rings is 1. The maximum Gasteiger partial charge on any atom is 0.168 e. The van der Waals surface area contributed by atoms with Crippen LogP contribution in [0.15, 0.2) is 18.2 Å². The number of ether oxygens (including phenoxy) is 2. The summed E-state index contributed by atoms with van der Waals surface area (Å²) in [5.41, 5.74) is -0.242. The largest absolute Gasteiger partial charge is 0.494 e. The molecule has 1 N–H and O–H groups in total. The van der Waals surface area contributed by atoms with E-state index >= 15 is 0 Å². The van der Waals surface area contributed by atoms with E-state index in [2.05, 4.69) is 0 Å². The second-order valence-electron chi connectivity index (χ2n) is 4.52. The van der Waals surface area contributed by atoms with E-state index in [0.29, 0.717) is 12.0 Å². The Hall–Kier alpha value is -1.13. The first-order valence-electron chi connectivity index (χ1n) is 6.03. The van der Waals surface area contributed by atoms with Crippen molar-refractivity contribution in [3.05, 3.63) is 29.6 Å². The fraction of sp³-hybridized carbons (Fsp3) is 0.571. The lowest BCUT2D eigenvalue weighted by Crippen LogP contribution is -2.42. The summed E-state index contributed by atoms with van der Waals surface area (Å²) in [6.45, 7) is 3.74. The molecule has 0 fully saturated rings. The molecule has 1 aromatic carbocycles. The molecule has 0 radical (unpaired) electrons. The molecule has 0 saturated carbocycles. The normalized spacial score (nSPS) is 16.1. The Labute approximate surface area is 108 Å². The molecule has 4 heteroatoms. The molecule has 2 atom stereocenters. The van der Waals surface area contributed by atoms with Gasteiger partial charge in [-0.1, -0.05) is 19.1 Å². The quantitative estimate of drug-likeness (QED) is 0.850. The summed E-state index contributed by atoms with van der Waals surface area (Å²) in [6.07, 6.45) is 0.0754. The summed E-state index contributed by atoms with van der Waals surface area (Å²) in [5, 5.41) is 10.2. The summed E-state index contributed by atoms with van der Waals surface area (Å²) >= 11 is 0. The molecule has 3 nitrogen and oxygen atoms in total. The van der Waals surface area contributed by atoms with Crippen LogP contribution >= 0.6 is 0 Å². The van der Waals surface area contributed by atoms with Gasteiger partial charge in [0, 0.05) is 13.5 Å². The molecule has 0 aliphatic heterocycles. The van der Waals surface area contributed by atoms with E-state index in [-0.39, 0.29) is 12.2 Å². The van der Waals surface area contributed by atoms with Crippen molar-refractivity contribution in [2.45, 2.75) is 38.4 Å². The average Bonchev–Trinajstić information content (AvgIpc) is 2.40. The maximum atomic E-state index is 14.0. The highest BCUT2D eigenvalue weighted by molar-refractivity contribution is 5.31. The lowest BCUT2D eigenvalue weighted by Gasteiger charge is -2.32. The van der Waals surface area contributed by atoms with Gasteiger partial charge in [-0.15, -0.1) is 0 Å². The van der Waals surface area contributed by atoms with Crippen LogP contribution in [0.2, 0.25) is 0 Å². The van der Waals surface area contributed by atoms with Crippen molar-refractivity contribution in [1.82, 2.24) is 0 Å². The zero-order valence-electron chi connectivity index (χ0n) is 11.4. The molecule has 0 spiro atoms. The van der Waals surface area contributed by atoms with Gasteiger partial charge in [0.05, 0.1) is 18.8 Å². The predicted octanol–water partition coefficient (Wildman–Crippen LogP) is 2.55. The number of hydrogen-bond acceptors (Lipinski definition) is 3. The van der Waals surface area contributed by atoms with Crippen LogP contribution in [-0.4, -0.2) is 31.0 Å². The Morgan fingerprint density at radius 3 is 2.56 bits per heavy atom. The lowest BCUT2D eigenvalue weighted by molar-refractivity contribution is -0.0916. The summed E-state index contributed by atoms with van der Waals surface area (Å²) < 4.78 is 24.2. The van der Waals surface area contributed by atoms with Crippen LogP contribution in [-0.2, 0) is 11.2 Å². The highest BCUT2D eigenvalue weighted by Crippen LogP contribution is 2.26. The molecule has 1 rings (SSSR count). The Kier molecular flexibility index (Phi) is 5.11. The van der Waals surface area contributed by atoms with Crippen molar-refractivity contribution >= 4 is 0 Å². The zero-order chi connectivity index (χ0) is 13.8. The fourth-order valence-corrected chi connectivity index (χ4v) is 1.81. The molecule has 1 aromatic rings. The van der Waals surface area contributed by atoms with Crippen molar-refractivity contribution < 1.29 is 19.0 Å². The molecule has 18 heavy (non-hydrogen) atoms. The molecule has 0 aliphatic carbocycles. The molecule has 0 amide bonds. The van der Waals surface area contributed by atoms with Gasteiger partial charge in [-0.2, -0.15) is 0 Å². The average molecular weight is 256 g/mol. The van der Waals surface area contributed by atoms with Crippen LogP contribution in [0.25, 0.3) is 0 Å². The van der Waals surface area contributed by atoms with E-state index in [0.717, 1.165) is 0 Å². The van der Waals surface area contributed by atoms with Gasteiger partial charge in [0.2, 0.25) is 0 Å². The predicted molar refractivity (Wildman–Crippen MR) is 68.4 cm³/mol. The number of methoxy groups -OCH3 is 2. The van der Waals surface area contributed by atoms with Crippen molar-refractivity contribution in [1.29, 1.82) is 0 Å². The van der Waals surface area contributed by atoms with Crippen molar-refractivity contribution in [3.63, 3.8) is 0 Å². The van der Waals surface area contributed by atoms with Crippen molar-refractivity contribution in [2.24, 2.45) is 0 Å². The first-order valence-corrected chi connectivity index (χ1v) is 6.03. The second kappa shape index (κ2) is 6.16. The molecular weight excluding hydrogens is 235 g/mol. The van der Waals surface area contributed by atoms with E-state index in [1.165, 1.54) is 7.11 Å². The second-order valence-corrected chi connectivity index (χ2v) is 4.52. The van der Waals surface area contributed by atoms with Crippen molar-refractivity contribution in [2.75, 3.05) is 14.2 Å². The maximum absolute atomic E-state index is 14.0. The minimum absolute atomic E-state index is 0.190. The van der Waals surface area contributed by atoms with Crippen LogP contribution < -0.4 is 4.74 Å². The van der Waals surface area contributed by atoms with Gasteiger partial charge >= 0.3 is 0 Å². The van der Waals surface area contributed by atoms with Crippen LogP contribution in [0, 0.1) is 5.82 Å². The number of aliphatic hydroxyl groups is 1. The Morgan fingerprint density at radius 1 is 1.39 bits per heavy atom. The first-order chi connectivity index (χ1) is 8.48. The fourth-order valence-electron chi connectivity index (χ4n) is 1.81. The highest BCUT2D eigenvalue weighted by atomic mass is 19.1. The summed E-state index contributed by atoms with van der Waals surface area (Å²) in [6, 6.07) is 4.91. The van der Waals surface area contributed by atoms with Crippen LogP contribution in [0.4, 0.5) is 4.39 Å². The topological polar surface area (TPSA) is 38.7 Å². The van der Waals surface area contributed by atoms with Gasteiger partial charge in [-0.3, -0.25) is 0 Å². The molecule has 102 valence electrons. The van der Waals surface area contributed by atoms with E-state index < -0.39 is 17.5 Å². The Morgan fingerprint density at radius 2 is 2.06 bits per heavy atom. The summed E-state index contributed by atoms with van der Waals surface area (Å²) in [7, 11) is 2.97. The van der Waals surface area contributed by atoms with Crippen LogP contribution in [0.1, 0.15) is 25.8 Å². The minimum atomic E-state index is -0.769. The van der Waals surface area contributed by atoms with E-state index in [1.807, 2.05) is 13.8 Å². The lowest BCUT2D eigenvalue weighted by atomic mass is 9.90. The number of aliphatic hydroxyl groups excluding tert-OH is 1. The van der Waals surface area contributed by atoms with Gasteiger partial charge in [0.25, 0.3) is 0 Å². The van der Waals surface area contributed by atoms with E-state index in [4.69, 9.17) is 9.47 Å². The molecule has 0 saturated heterocycles. The smallest absolute Gasteiger partial charge is 0.168 e. The summed E-state index contributed by atoms with van der Waals surface area (Å²) in [5.74, 6) is -0.232. The first kappa shape index (κ1) is 14.9. The third-order valence-corrected chi connectivity index (χ3v) is 3.55. The van der Waals surface area contributed by atoms with Gasteiger partial charge < -0.3 is 14.6 Å². The SMILES string of the molecule is CCC(C)(OC)C(O)Cc1cccc(OC)c1F. The number of rotatable bonds is 6.